The van der Waals surface area contributed by atoms with Gasteiger partial charge in [-0.2, -0.15) is 0 Å². The molecule has 1 aliphatic heterocycles. The normalized spacial score (nSPS) is 25.1. The van der Waals surface area contributed by atoms with Crippen LogP contribution in [0.1, 0.15) is 43.7 Å². The zero-order valence-corrected chi connectivity index (χ0v) is 14.6. The summed E-state index contributed by atoms with van der Waals surface area (Å²) in [7, 11) is 0. The third kappa shape index (κ3) is 2.81. The predicted molar refractivity (Wildman–Crippen MR) is 102 cm³/mol. The van der Waals surface area contributed by atoms with Crippen molar-refractivity contribution in [3.8, 4) is 0 Å². The Labute approximate surface area is 145 Å². The maximum atomic E-state index is 5.17. The fraction of sp³-hybridized carbons (Fsp3) is 0.435. The van der Waals surface area contributed by atoms with Gasteiger partial charge in [0, 0.05) is 11.1 Å². The number of hydrogen-bond donors (Lipinski definition) is 0. The molecular formula is C23H27N. The lowest BCUT2D eigenvalue weighted by molar-refractivity contribution is 0.187. The minimum absolute atomic E-state index is 0.202. The van der Waals surface area contributed by atoms with Crippen molar-refractivity contribution in [1.82, 2.24) is 0 Å². The highest BCUT2D eigenvalue weighted by atomic mass is 14.9. The van der Waals surface area contributed by atoms with Gasteiger partial charge in [0.1, 0.15) is 0 Å². The van der Waals surface area contributed by atoms with Gasteiger partial charge in [0.2, 0.25) is 0 Å². The van der Waals surface area contributed by atoms with E-state index in [4.69, 9.17) is 4.99 Å². The molecule has 2 aromatic carbocycles. The largest absolute Gasteiger partial charge is 0.290 e. The van der Waals surface area contributed by atoms with Crippen molar-refractivity contribution in [2.45, 2.75) is 51.5 Å². The summed E-state index contributed by atoms with van der Waals surface area (Å²) in [6.07, 6.45) is 7.59. The monoisotopic (exact) mass is 317 g/mol. The number of nitrogens with zero attached hydrogens (tertiary/aromatic N) is 1. The highest BCUT2D eigenvalue weighted by Crippen LogP contribution is 2.50. The molecule has 1 saturated carbocycles. The Morgan fingerprint density at radius 1 is 0.833 bits per heavy atom. The first-order chi connectivity index (χ1) is 11.8. The minimum Gasteiger partial charge on any atom is -0.290 e. The highest BCUT2D eigenvalue weighted by Gasteiger charge is 2.50. The maximum absolute atomic E-state index is 5.17. The van der Waals surface area contributed by atoms with E-state index in [0.29, 0.717) is 12.0 Å². The molecule has 124 valence electrons. The molecule has 0 saturated heterocycles. The van der Waals surface area contributed by atoms with Crippen LogP contribution in [0, 0.1) is 11.3 Å². The lowest BCUT2D eigenvalue weighted by Crippen LogP contribution is -2.41. The number of aliphatic imine (C=N–C) groups is 1. The first-order valence-corrected chi connectivity index (χ1v) is 9.41. The van der Waals surface area contributed by atoms with Gasteiger partial charge in [-0.15, -0.1) is 0 Å². The van der Waals surface area contributed by atoms with Gasteiger partial charge in [0.15, 0.2) is 0 Å². The third-order valence-corrected chi connectivity index (χ3v) is 6.24. The summed E-state index contributed by atoms with van der Waals surface area (Å²) in [6.45, 7) is 2.30. The maximum Gasteiger partial charge on any atom is 0.0536 e. The molecule has 0 aromatic heterocycles. The van der Waals surface area contributed by atoms with Crippen molar-refractivity contribution < 1.29 is 0 Å². The van der Waals surface area contributed by atoms with Crippen LogP contribution in [0.2, 0.25) is 0 Å². The average molecular weight is 317 g/mol. The standard InChI is InChI=1S/C23H27N/c1-18-23(16-19-10-4-2-5-11-19,17-20-12-6-3-7-13-20)21-14-8-9-15-22(21)24-18/h2-7,10-13,21-22H,8-9,14-17H2,1H3. The van der Waals surface area contributed by atoms with Crippen LogP contribution in [0.4, 0.5) is 0 Å². The van der Waals surface area contributed by atoms with E-state index in [2.05, 4.69) is 67.6 Å². The molecule has 0 N–H and O–H groups in total. The molecular weight excluding hydrogens is 290 g/mol. The second-order valence-corrected chi connectivity index (χ2v) is 7.65. The Morgan fingerprint density at radius 3 is 1.96 bits per heavy atom. The SMILES string of the molecule is CC1=NC2CCCCC2C1(Cc1ccccc1)Cc1ccccc1. The van der Waals surface area contributed by atoms with Crippen LogP contribution in [0.25, 0.3) is 0 Å². The lowest BCUT2D eigenvalue weighted by Gasteiger charge is -2.40. The van der Waals surface area contributed by atoms with E-state index in [-0.39, 0.29) is 5.41 Å². The molecule has 24 heavy (non-hydrogen) atoms. The Bertz CT molecular complexity index is 660. The van der Waals surface area contributed by atoms with Crippen molar-refractivity contribution in [2.24, 2.45) is 16.3 Å². The molecule has 4 rings (SSSR count). The zero-order valence-electron chi connectivity index (χ0n) is 14.6. The average Bonchev–Trinajstić information content (AvgIpc) is 2.89. The molecule has 0 spiro atoms. The van der Waals surface area contributed by atoms with E-state index in [1.54, 1.807) is 0 Å². The van der Waals surface area contributed by atoms with Crippen molar-refractivity contribution in [3.05, 3.63) is 71.8 Å². The van der Waals surface area contributed by atoms with E-state index in [9.17, 15) is 0 Å². The van der Waals surface area contributed by atoms with Gasteiger partial charge >= 0.3 is 0 Å². The number of rotatable bonds is 4. The van der Waals surface area contributed by atoms with Gasteiger partial charge in [-0.05, 0) is 49.7 Å². The Kier molecular flexibility index (Phi) is 4.26. The first-order valence-electron chi connectivity index (χ1n) is 9.41. The van der Waals surface area contributed by atoms with E-state index in [1.807, 2.05) is 0 Å². The third-order valence-electron chi connectivity index (χ3n) is 6.24. The first kappa shape index (κ1) is 15.6. The van der Waals surface area contributed by atoms with Gasteiger partial charge in [-0.25, -0.2) is 0 Å². The quantitative estimate of drug-likeness (QED) is 0.707. The summed E-state index contributed by atoms with van der Waals surface area (Å²) in [5, 5.41) is 0. The molecule has 0 radical (unpaired) electrons. The number of hydrogen-bond acceptors (Lipinski definition) is 1. The summed E-state index contributed by atoms with van der Waals surface area (Å²) < 4.78 is 0. The van der Waals surface area contributed by atoms with Crippen LogP contribution in [0.5, 0.6) is 0 Å². The van der Waals surface area contributed by atoms with Crippen molar-refractivity contribution in [2.75, 3.05) is 0 Å². The second-order valence-electron chi connectivity index (χ2n) is 7.65. The van der Waals surface area contributed by atoms with Crippen LogP contribution in [-0.2, 0) is 12.8 Å². The van der Waals surface area contributed by atoms with Gasteiger partial charge in [-0.1, -0.05) is 73.5 Å². The van der Waals surface area contributed by atoms with Gasteiger partial charge in [0.05, 0.1) is 6.04 Å². The summed E-state index contributed by atoms with van der Waals surface area (Å²) in [5.74, 6) is 0.715. The molecule has 0 bridgehead atoms. The molecule has 1 fully saturated rings. The summed E-state index contributed by atoms with van der Waals surface area (Å²) in [5.41, 5.74) is 4.50. The summed E-state index contributed by atoms with van der Waals surface area (Å²) in [6, 6.07) is 22.6. The second kappa shape index (κ2) is 6.55. The minimum atomic E-state index is 0.202. The molecule has 1 nitrogen and oxygen atoms in total. The molecule has 0 amide bonds. The lowest BCUT2D eigenvalue weighted by atomic mass is 9.61. The van der Waals surface area contributed by atoms with Gasteiger partial charge in [-0.3, -0.25) is 4.99 Å². The smallest absolute Gasteiger partial charge is 0.0536 e. The summed E-state index contributed by atoms with van der Waals surface area (Å²) in [4.78, 5) is 5.17. The number of fused-ring (bicyclic) bond motifs is 1. The Hall–Kier alpha value is -1.89. The fourth-order valence-corrected chi connectivity index (χ4v) is 5.06. The Morgan fingerprint density at radius 2 is 1.38 bits per heavy atom. The van der Waals surface area contributed by atoms with Crippen LogP contribution < -0.4 is 0 Å². The van der Waals surface area contributed by atoms with Crippen LogP contribution in [-0.4, -0.2) is 11.8 Å². The van der Waals surface area contributed by atoms with E-state index in [0.717, 1.165) is 12.8 Å². The molecule has 2 aliphatic rings. The zero-order chi connectivity index (χ0) is 16.4. The van der Waals surface area contributed by atoms with Gasteiger partial charge < -0.3 is 0 Å². The molecule has 2 unspecified atom stereocenters. The van der Waals surface area contributed by atoms with E-state index in [1.165, 1.54) is 42.5 Å². The van der Waals surface area contributed by atoms with Crippen LogP contribution >= 0.6 is 0 Å². The molecule has 1 heterocycles. The number of benzene rings is 2. The van der Waals surface area contributed by atoms with Crippen molar-refractivity contribution >= 4 is 5.71 Å². The van der Waals surface area contributed by atoms with Gasteiger partial charge in [0.25, 0.3) is 0 Å². The van der Waals surface area contributed by atoms with Crippen molar-refractivity contribution in [1.29, 1.82) is 0 Å². The molecule has 2 aromatic rings. The van der Waals surface area contributed by atoms with E-state index >= 15 is 0 Å². The predicted octanol–water partition coefficient (Wildman–Crippen LogP) is 5.49. The van der Waals surface area contributed by atoms with Crippen molar-refractivity contribution in [3.63, 3.8) is 0 Å². The Balaban J connectivity index is 1.73. The van der Waals surface area contributed by atoms with E-state index < -0.39 is 0 Å². The topological polar surface area (TPSA) is 12.4 Å². The van der Waals surface area contributed by atoms with Crippen LogP contribution in [0.15, 0.2) is 65.7 Å². The molecule has 2 atom stereocenters. The molecule has 1 heteroatoms. The molecule has 1 aliphatic carbocycles. The fourth-order valence-electron chi connectivity index (χ4n) is 5.06. The summed E-state index contributed by atoms with van der Waals surface area (Å²) >= 11 is 0. The van der Waals surface area contributed by atoms with Crippen LogP contribution in [0.3, 0.4) is 0 Å². The highest BCUT2D eigenvalue weighted by molar-refractivity contribution is 5.91.